The molecule has 5 heteroatoms. The second kappa shape index (κ2) is 5.14. The third-order valence-electron chi connectivity index (χ3n) is 4.05. The van der Waals surface area contributed by atoms with E-state index in [1.54, 1.807) is 0 Å². The number of rotatable bonds is 5. The van der Waals surface area contributed by atoms with E-state index in [0.717, 1.165) is 18.8 Å². The standard InChI is InChI=1S/C12H23N5/c1-16(2)12(6-4-5-7-12)10-13-8-11-9-14-15-17(11)3/h9,13H,4-8,10H2,1-3H3. The molecule has 0 amide bonds. The summed E-state index contributed by atoms with van der Waals surface area (Å²) in [7, 11) is 6.32. The highest BCUT2D eigenvalue weighted by atomic mass is 15.4. The van der Waals surface area contributed by atoms with Crippen LogP contribution in [-0.2, 0) is 13.6 Å². The molecular formula is C12H23N5. The Morgan fingerprint density at radius 1 is 1.41 bits per heavy atom. The van der Waals surface area contributed by atoms with Crippen molar-refractivity contribution in [3.8, 4) is 0 Å². The third kappa shape index (κ3) is 2.66. The molecule has 0 saturated heterocycles. The van der Waals surface area contributed by atoms with Gasteiger partial charge in [0.05, 0.1) is 11.9 Å². The minimum atomic E-state index is 0.353. The van der Waals surface area contributed by atoms with Gasteiger partial charge in [0, 0.05) is 25.7 Å². The molecule has 0 atom stereocenters. The SMILES string of the molecule is CN(C)C1(CNCc2cnnn2C)CCCC1. The molecule has 1 N–H and O–H groups in total. The molecule has 1 aromatic heterocycles. The molecule has 0 radical (unpaired) electrons. The molecule has 1 aromatic rings. The Kier molecular flexibility index (Phi) is 3.79. The van der Waals surface area contributed by atoms with Gasteiger partial charge in [0.1, 0.15) is 0 Å². The van der Waals surface area contributed by atoms with Crippen LogP contribution in [0.4, 0.5) is 0 Å². The fraction of sp³-hybridized carbons (Fsp3) is 0.833. The first kappa shape index (κ1) is 12.5. The summed E-state index contributed by atoms with van der Waals surface area (Å²) in [6, 6.07) is 0. The molecule has 96 valence electrons. The van der Waals surface area contributed by atoms with Crippen molar-refractivity contribution in [3.05, 3.63) is 11.9 Å². The van der Waals surface area contributed by atoms with Crippen LogP contribution >= 0.6 is 0 Å². The quantitative estimate of drug-likeness (QED) is 0.822. The number of hydrogen-bond acceptors (Lipinski definition) is 4. The number of aryl methyl sites for hydroxylation is 1. The van der Waals surface area contributed by atoms with Crippen LogP contribution in [0.15, 0.2) is 6.20 Å². The number of nitrogens with zero attached hydrogens (tertiary/aromatic N) is 4. The molecule has 1 aliphatic carbocycles. The van der Waals surface area contributed by atoms with Crippen molar-refractivity contribution >= 4 is 0 Å². The van der Waals surface area contributed by atoms with Gasteiger partial charge in [-0.2, -0.15) is 0 Å². The van der Waals surface area contributed by atoms with Gasteiger partial charge < -0.3 is 10.2 Å². The molecule has 2 rings (SSSR count). The molecule has 0 spiro atoms. The molecule has 0 unspecified atom stereocenters. The minimum Gasteiger partial charge on any atom is -0.309 e. The summed E-state index contributed by atoms with van der Waals surface area (Å²) < 4.78 is 1.82. The normalized spacial score (nSPS) is 19.1. The first-order valence-corrected chi connectivity index (χ1v) is 6.36. The summed E-state index contributed by atoms with van der Waals surface area (Å²) in [6.07, 6.45) is 7.14. The molecule has 1 heterocycles. The van der Waals surface area contributed by atoms with E-state index in [2.05, 4.69) is 34.6 Å². The summed E-state index contributed by atoms with van der Waals surface area (Å²) in [5.41, 5.74) is 1.49. The van der Waals surface area contributed by atoms with Crippen LogP contribution in [0.5, 0.6) is 0 Å². The van der Waals surface area contributed by atoms with E-state index < -0.39 is 0 Å². The first-order valence-electron chi connectivity index (χ1n) is 6.36. The van der Waals surface area contributed by atoms with Gasteiger partial charge in [-0.05, 0) is 26.9 Å². The van der Waals surface area contributed by atoms with E-state index in [9.17, 15) is 0 Å². The van der Waals surface area contributed by atoms with Crippen LogP contribution in [0.25, 0.3) is 0 Å². The Hall–Kier alpha value is -0.940. The van der Waals surface area contributed by atoms with Crippen LogP contribution in [-0.4, -0.2) is 46.1 Å². The minimum absolute atomic E-state index is 0.353. The summed E-state index contributed by atoms with van der Waals surface area (Å²) in [5.74, 6) is 0. The Bertz CT molecular complexity index is 352. The van der Waals surface area contributed by atoms with Crippen molar-refractivity contribution in [1.29, 1.82) is 0 Å². The largest absolute Gasteiger partial charge is 0.309 e. The van der Waals surface area contributed by atoms with E-state index in [1.807, 2.05) is 17.9 Å². The molecule has 5 nitrogen and oxygen atoms in total. The maximum atomic E-state index is 3.94. The number of hydrogen-bond donors (Lipinski definition) is 1. The lowest BCUT2D eigenvalue weighted by atomic mass is 9.96. The Morgan fingerprint density at radius 3 is 2.65 bits per heavy atom. The van der Waals surface area contributed by atoms with Gasteiger partial charge >= 0.3 is 0 Å². The summed E-state index contributed by atoms with van der Waals surface area (Å²) >= 11 is 0. The van der Waals surface area contributed by atoms with Crippen molar-refractivity contribution in [2.45, 2.75) is 37.8 Å². The smallest absolute Gasteiger partial charge is 0.0738 e. The van der Waals surface area contributed by atoms with Crippen LogP contribution < -0.4 is 5.32 Å². The zero-order chi connectivity index (χ0) is 12.3. The zero-order valence-corrected chi connectivity index (χ0v) is 11.1. The third-order valence-corrected chi connectivity index (χ3v) is 4.05. The molecule has 0 aromatic carbocycles. The lowest BCUT2D eigenvalue weighted by molar-refractivity contribution is 0.153. The highest BCUT2D eigenvalue weighted by Crippen LogP contribution is 2.33. The van der Waals surface area contributed by atoms with Crippen LogP contribution in [0.1, 0.15) is 31.4 Å². The van der Waals surface area contributed by atoms with Crippen LogP contribution in [0.3, 0.4) is 0 Å². The Morgan fingerprint density at radius 2 is 2.12 bits per heavy atom. The Balaban J connectivity index is 1.86. The van der Waals surface area contributed by atoms with Gasteiger partial charge in [-0.15, -0.1) is 5.10 Å². The lowest BCUT2D eigenvalue weighted by Gasteiger charge is -2.36. The fourth-order valence-electron chi connectivity index (χ4n) is 2.71. The second-order valence-corrected chi connectivity index (χ2v) is 5.28. The molecule has 1 fully saturated rings. The van der Waals surface area contributed by atoms with Crippen molar-refractivity contribution in [2.24, 2.45) is 7.05 Å². The van der Waals surface area contributed by atoms with Gasteiger partial charge in [0.25, 0.3) is 0 Å². The van der Waals surface area contributed by atoms with Gasteiger partial charge in [-0.1, -0.05) is 18.1 Å². The van der Waals surface area contributed by atoms with Crippen molar-refractivity contribution in [2.75, 3.05) is 20.6 Å². The summed E-state index contributed by atoms with van der Waals surface area (Å²) in [6.45, 7) is 1.89. The van der Waals surface area contributed by atoms with Crippen LogP contribution in [0.2, 0.25) is 0 Å². The summed E-state index contributed by atoms with van der Waals surface area (Å²) in [4.78, 5) is 2.38. The van der Waals surface area contributed by atoms with E-state index in [-0.39, 0.29) is 0 Å². The number of likely N-dealkylation sites (N-methyl/N-ethyl adjacent to an activating group) is 1. The van der Waals surface area contributed by atoms with Gasteiger partial charge in [-0.25, -0.2) is 0 Å². The second-order valence-electron chi connectivity index (χ2n) is 5.28. The average molecular weight is 237 g/mol. The number of nitrogens with one attached hydrogen (secondary N) is 1. The fourth-order valence-corrected chi connectivity index (χ4v) is 2.71. The summed E-state index contributed by atoms with van der Waals surface area (Å²) in [5, 5.41) is 11.4. The predicted octanol–water partition coefficient (Wildman–Crippen LogP) is 0.779. The predicted molar refractivity (Wildman–Crippen MR) is 67.6 cm³/mol. The molecule has 0 bridgehead atoms. The van der Waals surface area contributed by atoms with Crippen molar-refractivity contribution < 1.29 is 0 Å². The van der Waals surface area contributed by atoms with Gasteiger partial charge in [-0.3, -0.25) is 4.68 Å². The van der Waals surface area contributed by atoms with E-state index in [1.165, 1.54) is 25.7 Å². The van der Waals surface area contributed by atoms with Gasteiger partial charge in [0.2, 0.25) is 0 Å². The van der Waals surface area contributed by atoms with E-state index >= 15 is 0 Å². The Labute approximate surface area is 103 Å². The molecule has 1 aliphatic rings. The maximum Gasteiger partial charge on any atom is 0.0738 e. The van der Waals surface area contributed by atoms with E-state index in [0.29, 0.717) is 5.54 Å². The average Bonchev–Trinajstić information content (AvgIpc) is 2.90. The molecule has 0 aliphatic heterocycles. The topological polar surface area (TPSA) is 46.0 Å². The van der Waals surface area contributed by atoms with Crippen LogP contribution in [0, 0.1) is 0 Å². The molecular weight excluding hydrogens is 214 g/mol. The monoisotopic (exact) mass is 237 g/mol. The lowest BCUT2D eigenvalue weighted by Crippen LogP contribution is -2.49. The number of aromatic nitrogens is 3. The van der Waals surface area contributed by atoms with Gasteiger partial charge in [0.15, 0.2) is 0 Å². The zero-order valence-electron chi connectivity index (χ0n) is 11.1. The first-order chi connectivity index (χ1) is 8.14. The van der Waals surface area contributed by atoms with Crippen molar-refractivity contribution in [1.82, 2.24) is 25.2 Å². The maximum absolute atomic E-state index is 3.94. The van der Waals surface area contributed by atoms with Crippen molar-refractivity contribution in [3.63, 3.8) is 0 Å². The highest BCUT2D eigenvalue weighted by Gasteiger charge is 2.35. The molecule has 17 heavy (non-hydrogen) atoms. The van der Waals surface area contributed by atoms with E-state index in [4.69, 9.17) is 0 Å². The highest BCUT2D eigenvalue weighted by molar-refractivity contribution is 4.97. The molecule has 1 saturated carbocycles.